The normalized spacial score (nSPS) is 16.0. The molecule has 6 heteroatoms. The molecule has 2 N–H and O–H groups in total. The van der Waals surface area contributed by atoms with Gasteiger partial charge in [-0.15, -0.1) is 0 Å². The molecule has 0 aromatic carbocycles. The van der Waals surface area contributed by atoms with Crippen molar-refractivity contribution in [2.45, 2.75) is 90.9 Å². The van der Waals surface area contributed by atoms with Crippen molar-refractivity contribution in [3.63, 3.8) is 0 Å². The summed E-state index contributed by atoms with van der Waals surface area (Å²) in [5.74, 6) is 0.347. The first-order valence-corrected chi connectivity index (χ1v) is 12.8. The molecule has 0 aliphatic carbocycles. The molecule has 0 aliphatic heterocycles. The summed E-state index contributed by atoms with van der Waals surface area (Å²) in [5.41, 5.74) is 2.07. The van der Waals surface area contributed by atoms with Crippen LogP contribution >= 0.6 is 11.6 Å². The lowest BCUT2D eigenvalue weighted by Gasteiger charge is -2.29. The van der Waals surface area contributed by atoms with Crippen LogP contribution in [-0.4, -0.2) is 37.0 Å². The van der Waals surface area contributed by atoms with Crippen molar-refractivity contribution in [3.05, 3.63) is 11.1 Å². The van der Waals surface area contributed by atoms with Crippen molar-refractivity contribution >= 4 is 25.8 Å². The molecule has 0 radical (unpaired) electrons. The number of carbonyl (C=O) groups excluding carboxylic acids is 1. The highest BCUT2D eigenvalue weighted by Crippen LogP contribution is 2.23. The van der Waals surface area contributed by atoms with E-state index in [1.54, 1.807) is 5.54 Å². The van der Waals surface area contributed by atoms with E-state index in [4.69, 9.17) is 16.3 Å². The fraction of sp³-hybridized carbons (Fsp3) is 0.833. The SMILES string of the molecule is CC(C)C[C@H](NC(=O)OC(C)(C)C)[C@@H](O)C/C(=C\Cl)C[Si](C)(C)C. The summed E-state index contributed by atoms with van der Waals surface area (Å²) in [5, 5.41) is 13.5. The minimum atomic E-state index is -1.31. The summed E-state index contributed by atoms with van der Waals surface area (Å²) in [6.45, 7) is 16.4. The van der Waals surface area contributed by atoms with Gasteiger partial charge in [0.1, 0.15) is 5.60 Å². The molecule has 0 aliphatic rings. The lowest BCUT2D eigenvalue weighted by atomic mass is 9.95. The van der Waals surface area contributed by atoms with Crippen LogP contribution in [0, 0.1) is 5.92 Å². The van der Waals surface area contributed by atoms with Gasteiger partial charge >= 0.3 is 6.09 Å². The highest BCUT2D eigenvalue weighted by molar-refractivity contribution is 6.76. The minimum absolute atomic E-state index is 0.347. The largest absolute Gasteiger partial charge is 0.444 e. The van der Waals surface area contributed by atoms with Gasteiger partial charge in [0.05, 0.1) is 12.1 Å². The number of ether oxygens (including phenoxy) is 1. The highest BCUT2D eigenvalue weighted by Gasteiger charge is 2.27. The van der Waals surface area contributed by atoms with Gasteiger partial charge in [-0.25, -0.2) is 4.79 Å². The number of amides is 1. The first kappa shape index (κ1) is 23.5. The Balaban J connectivity index is 4.93. The standard InChI is InChI=1S/C18H36ClNO3Si/c1-13(2)9-15(20-17(22)23-18(3,4)5)16(21)10-14(11-19)12-24(6,7)8/h11,13,15-16,21H,9-10,12H2,1-8H3,(H,20,22)/b14-11+/t15-,16-/m0/s1. The number of rotatable bonds is 8. The minimum Gasteiger partial charge on any atom is -0.444 e. The lowest BCUT2D eigenvalue weighted by molar-refractivity contribution is 0.0404. The van der Waals surface area contributed by atoms with Crippen molar-refractivity contribution in [1.82, 2.24) is 5.32 Å². The summed E-state index contributed by atoms with van der Waals surface area (Å²) in [7, 11) is -1.31. The smallest absolute Gasteiger partial charge is 0.407 e. The van der Waals surface area contributed by atoms with E-state index in [-0.39, 0.29) is 6.04 Å². The number of alkyl carbamates (subject to hydrolysis) is 1. The van der Waals surface area contributed by atoms with E-state index in [1.807, 2.05) is 20.8 Å². The first-order chi connectivity index (χ1) is 10.7. The lowest BCUT2D eigenvalue weighted by Crippen LogP contribution is -2.46. The van der Waals surface area contributed by atoms with Gasteiger partial charge in [0.25, 0.3) is 0 Å². The van der Waals surface area contributed by atoms with Gasteiger partial charge in [0, 0.05) is 13.6 Å². The Bertz CT molecular complexity index is 425. The van der Waals surface area contributed by atoms with Gasteiger partial charge < -0.3 is 15.2 Å². The van der Waals surface area contributed by atoms with Gasteiger partial charge in [-0.2, -0.15) is 0 Å². The summed E-state index contributed by atoms with van der Waals surface area (Å²) in [4.78, 5) is 12.1. The van der Waals surface area contributed by atoms with Crippen molar-refractivity contribution in [2.75, 3.05) is 0 Å². The molecule has 2 atom stereocenters. The number of halogens is 1. The van der Waals surface area contributed by atoms with Gasteiger partial charge in [0.2, 0.25) is 0 Å². The van der Waals surface area contributed by atoms with Crippen LogP contribution in [0.5, 0.6) is 0 Å². The molecule has 0 unspecified atom stereocenters. The Kier molecular flexibility index (Phi) is 9.62. The molecular weight excluding hydrogens is 342 g/mol. The van der Waals surface area contributed by atoms with Crippen LogP contribution in [0.4, 0.5) is 4.79 Å². The van der Waals surface area contributed by atoms with Crippen molar-refractivity contribution in [1.29, 1.82) is 0 Å². The summed E-state index contributed by atoms with van der Waals surface area (Å²) < 4.78 is 5.32. The second kappa shape index (κ2) is 9.83. The molecule has 0 fully saturated rings. The maximum atomic E-state index is 12.1. The Hall–Kier alpha value is -0.523. The van der Waals surface area contributed by atoms with E-state index in [2.05, 4.69) is 38.8 Å². The quantitative estimate of drug-likeness (QED) is 0.576. The van der Waals surface area contributed by atoms with Crippen LogP contribution in [0.3, 0.4) is 0 Å². The van der Waals surface area contributed by atoms with Gasteiger partial charge in [-0.3, -0.25) is 0 Å². The molecule has 0 aromatic heterocycles. The number of nitrogens with one attached hydrogen (secondary N) is 1. The topological polar surface area (TPSA) is 58.6 Å². The fourth-order valence-corrected chi connectivity index (χ4v) is 4.43. The van der Waals surface area contributed by atoms with Crippen molar-refractivity contribution in [3.8, 4) is 0 Å². The Labute approximate surface area is 154 Å². The van der Waals surface area contributed by atoms with Crippen molar-refractivity contribution in [2.24, 2.45) is 5.92 Å². The molecule has 0 rings (SSSR count). The highest BCUT2D eigenvalue weighted by atomic mass is 35.5. The first-order valence-electron chi connectivity index (χ1n) is 8.69. The average molecular weight is 378 g/mol. The average Bonchev–Trinajstić information content (AvgIpc) is 2.32. The van der Waals surface area contributed by atoms with Crippen LogP contribution in [0.25, 0.3) is 0 Å². The molecular formula is C18H36ClNO3Si. The van der Waals surface area contributed by atoms with E-state index in [0.717, 1.165) is 11.6 Å². The van der Waals surface area contributed by atoms with Crippen LogP contribution in [0.15, 0.2) is 11.1 Å². The van der Waals surface area contributed by atoms with E-state index < -0.39 is 25.9 Å². The third-order valence-corrected chi connectivity index (χ3v) is 5.10. The summed E-state index contributed by atoms with van der Waals surface area (Å²) in [6, 6.07) is 0.585. The van der Waals surface area contributed by atoms with E-state index in [9.17, 15) is 9.90 Å². The number of hydrogen-bond acceptors (Lipinski definition) is 3. The Morgan fingerprint density at radius 3 is 2.21 bits per heavy atom. The van der Waals surface area contributed by atoms with Crippen LogP contribution in [-0.2, 0) is 4.74 Å². The molecule has 0 spiro atoms. The maximum absolute atomic E-state index is 12.1. The third-order valence-electron chi connectivity index (χ3n) is 3.27. The van der Waals surface area contributed by atoms with Gasteiger partial charge in [-0.1, -0.05) is 50.7 Å². The van der Waals surface area contributed by atoms with E-state index in [0.29, 0.717) is 18.8 Å². The van der Waals surface area contributed by atoms with Crippen molar-refractivity contribution < 1.29 is 14.6 Å². The molecule has 0 heterocycles. The predicted octanol–water partition coefficient (Wildman–Crippen LogP) is 5.14. The zero-order chi connectivity index (χ0) is 19.1. The molecule has 24 heavy (non-hydrogen) atoms. The Morgan fingerprint density at radius 1 is 1.29 bits per heavy atom. The van der Waals surface area contributed by atoms with Gasteiger partial charge in [0.15, 0.2) is 0 Å². The molecule has 0 saturated heterocycles. The summed E-state index contributed by atoms with van der Waals surface area (Å²) in [6.07, 6.45) is -0.0146. The predicted molar refractivity (Wildman–Crippen MR) is 105 cm³/mol. The number of aliphatic hydroxyl groups excluding tert-OH is 1. The fourth-order valence-electron chi connectivity index (χ4n) is 2.53. The molecule has 0 saturated carbocycles. The van der Waals surface area contributed by atoms with E-state index in [1.165, 1.54) is 0 Å². The van der Waals surface area contributed by atoms with Crippen LogP contribution in [0.2, 0.25) is 25.7 Å². The summed E-state index contributed by atoms with van der Waals surface area (Å²) >= 11 is 5.96. The van der Waals surface area contributed by atoms with Crippen LogP contribution < -0.4 is 5.32 Å². The molecule has 1 amide bonds. The zero-order valence-corrected chi connectivity index (χ0v) is 18.3. The second-order valence-corrected chi connectivity index (χ2v) is 14.9. The van der Waals surface area contributed by atoms with Gasteiger partial charge in [-0.05, 0) is 45.6 Å². The van der Waals surface area contributed by atoms with E-state index >= 15 is 0 Å². The molecule has 142 valence electrons. The second-order valence-electron chi connectivity index (χ2n) is 9.16. The zero-order valence-electron chi connectivity index (χ0n) is 16.6. The molecule has 0 bridgehead atoms. The maximum Gasteiger partial charge on any atom is 0.407 e. The number of aliphatic hydroxyl groups is 1. The Morgan fingerprint density at radius 2 is 1.83 bits per heavy atom. The third kappa shape index (κ3) is 11.9. The molecule has 4 nitrogen and oxygen atoms in total. The molecule has 0 aromatic rings. The number of hydrogen-bond donors (Lipinski definition) is 2. The van der Waals surface area contributed by atoms with Crippen LogP contribution in [0.1, 0.15) is 47.5 Å². The number of carbonyl (C=O) groups is 1. The monoisotopic (exact) mass is 377 g/mol.